The van der Waals surface area contributed by atoms with Crippen molar-refractivity contribution < 1.29 is 9.66 Å². The van der Waals surface area contributed by atoms with Gasteiger partial charge in [0.2, 0.25) is 0 Å². The molecule has 0 bridgehead atoms. The van der Waals surface area contributed by atoms with Gasteiger partial charge in [0.15, 0.2) is 0 Å². The summed E-state index contributed by atoms with van der Waals surface area (Å²) in [5.41, 5.74) is 1.76. The summed E-state index contributed by atoms with van der Waals surface area (Å²) in [5.74, 6) is 0.764. The second-order valence-corrected chi connectivity index (χ2v) is 4.25. The van der Waals surface area contributed by atoms with Crippen LogP contribution in [0.1, 0.15) is 16.7 Å². The van der Waals surface area contributed by atoms with Gasteiger partial charge < -0.3 is 4.74 Å². The van der Waals surface area contributed by atoms with Crippen molar-refractivity contribution >= 4 is 17.8 Å². The molecule has 0 unspecified atom stereocenters. The Morgan fingerprint density at radius 3 is 2.48 bits per heavy atom. The third-order valence-electron chi connectivity index (χ3n) is 2.94. The van der Waals surface area contributed by atoms with Crippen molar-refractivity contribution in [2.24, 2.45) is 0 Å². The largest absolute Gasteiger partial charge is 0.497 e. The lowest BCUT2D eigenvalue weighted by Crippen LogP contribution is -1.90. The molecule has 0 aromatic heterocycles. The van der Waals surface area contributed by atoms with Gasteiger partial charge in [0.05, 0.1) is 17.6 Å². The van der Waals surface area contributed by atoms with Crippen LogP contribution in [0.4, 0.5) is 5.69 Å². The molecule has 2 aromatic rings. The number of ether oxygens (including phenoxy) is 1. The summed E-state index contributed by atoms with van der Waals surface area (Å²) >= 11 is 0. The molecule has 21 heavy (non-hydrogen) atoms. The molecule has 5 heteroatoms. The van der Waals surface area contributed by atoms with Gasteiger partial charge in [-0.15, -0.1) is 0 Å². The van der Waals surface area contributed by atoms with E-state index >= 15 is 0 Å². The molecule has 0 radical (unpaired) electrons. The van der Waals surface area contributed by atoms with E-state index in [1.807, 2.05) is 36.4 Å². The fourth-order valence-corrected chi connectivity index (χ4v) is 1.80. The SMILES string of the molecule is COc1ccc(C=Cc2ccc([N+](=O)[O-])cc2C#N)cc1. The van der Waals surface area contributed by atoms with E-state index in [4.69, 9.17) is 10.00 Å². The van der Waals surface area contributed by atoms with Crippen molar-refractivity contribution in [1.29, 1.82) is 5.26 Å². The van der Waals surface area contributed by atoms with Crippen LogP contribution in [0.3, 0.4) is 0 Å². The monoisotopic (exact) mass is 280 g/mol. The second-order valence-electron chi connectivity index (χ2n) is 4.25. The highest BCUT2D eigenvalue weighted by Gasteiger charge is 2.08. The minimum Gasteiger partial charge on any atom is -0.497 e. The number of nitro groups is 1. The van der Waals surface area contributed by atoms with Gasteiger partial charge in [-0.1, -0.05) is 24.3 Å². The standard InChI is InChI=1S/C16H12N2O3/c1-21-16-8-3-12(4-9-16)2-5-13-6-7-15(18(19)20)10-14(13)11-17/h2-10H,1H3. The summed E-state index contributed by atoms with van der Waals surface area (Å²) in [6, 6.07) is 13.6. The molecule has 0 amide bonds. The summed E-state index contributed by atoms with van der Waals surface area (Å²) < 4.78 is 5.07. The molecule has 0 fully saturated rings. The maximum Gasteiger partial charge on any atom is 0.270 e. The first-order valence-electron chi connectivity index (χ1n) is 6.14. The van der Waals surface area contributed by atoms with Gasteiger partial charge in [-0.3, -0.25) is 10.1 Å². The fourth-order valence-electron chi connectivity index (χ4n) is 1.80. The van der Waals surface area contributed by atoms with E-state index in [1.54, 1.807) is 19.3 Å². The summed E-state index contributed by atoms with van der Waals surface area (Å²) in [5, 5.41) is 19.8. The smallest absolute Gasteiger partial charge is 0.270 e. The van der Waals surface area contributed by atoms with Crippen LogP contribution in [0.2, 0.25) is 0 Å². The average molecular weight is 280 g/mol. The minimum atomic E-state index is -0.516. The number of nitro benzene ring substituents is 1. The van der Waals surface area contributed by atoms with Gasteiger partial charge in [-0.05, 0) is 29.3 Å². The van der Waals surface area contributed by atoms with Gasteiger partial charge in [-0.25, -0.2) is 0 Å². The highest BCUT2D eigenvalue weighted by molar-refractivity contribution is 5.73. The molecule has 0 spiro atoms. The lowest BCUT2D eigenvalue weighted by Gasteiger charge is -2.00. The zero-order chi connectivity index (χ0) is 15.2. The third kappa shape index (κ3) is 3.45. The quantitative estimate of drug-likeness (QED) is 0.486. The summed E-state index contributed by atoms with van der Waals surface area (Å²) in [6.45, 7) is 0. The van der Waals surface area contributed by atoms with Crippen LogP contribution in [0.15, 0.2) is 42.5 Å². The van der Waals surface area contributed by atoms with Crippen LogP contribution in [0.25, 0.3) is 12.2 Å². The predicted molar refractivity (Wildman–Crippen MR) is 79.7 cm³/mol. The Kier molecular flexibility index (Phi) is 4.32. The first kappa shape index (κ1) is 14.3. The number of hydrogen-bond acceptors (Lipinski definition) is 4. The van der Waals surface area contributed by atoms with Crippen LogP contribution >= 0.6 is 0 Å². The molecule has 0 N–H and O–H groups in total. The first-order chi connectivity index (χ1) is 10.1. The van der Waals surface area contributed by atoms with E-state index in [0.29, 0.717) is 5.56 Å². The number of nitrogens with zero attached hydrogens (tertiary/aromatic N) is 2. The molecule has 104 valence electrons. The van der Waals surface area contributed by atoms with Crippen molar-refractivity contribution in [1.82, 2.24) is 0 Å². The summed E-state index contributed by atoms with van der Waals surface area (Å²) in [4.78, 5) is 10.2. The van der Waals surface area contributed by atoms with Gasteiger partial charge in [0.1, 0.15) is 11.8 Å². The Bertz CT molecular complexity index is 728. The zero-order valence-corrected chi connectivity index (χ0v) is 11.3. The Morgan fingerprint density at radius 1 is 1.19 bits per heavy atom. The van der Waals surface area contributed by atoms with E-state index in [-0.39, 0.29) is 11.3 Å². The summed E-state index contributed by atoms with van der Waals surface area (Å²) in [7, 11) is 1.60. The minimum absolute atomic E-state index is 0.0897. The Labute approximate surface area is 121 Å². The van der Waals surface area contributed by atoms with Gasteiger partial charge in [-0.2, -0.15) is 5.26 Å². The molecule has 0 aliphatic carbocycles. The van der Waals surface area contributed by atoms with Crippen LogP contribution in [-0.4, -0.2) is 12.0 Å². The molecular formula is C16H12N2O3. The van der Waals surface area contributed by atoms with Crippen molar-refractivity contribution in [3.05, 3.63) is 69.3 Å². The molecule has 2 rings (SSSR count). The maximum absolute atomic E-state index is 10.7. The van der Waals surface area contributed by atoms with Crippen molar-refractivity contribution in [3.63, 3.8) is 0 Å². The number of hydrogen-bond donors (Lipinski definition) is 0. The topological polar surface area (TPSA) is 76.2 Å². The lowest BCUT2D eigenvalue weighted by atomic mass is 10.1. The van der Waals surface area contributed by atoms with Crippen molar-refractivity contribution in [2.45, 2.75) is 0 Å². The normalized spacial score (nSPS) is 10.3. The Morgan fingerprint density at radius 2 is 1.90 bits per heavy atom. The average Bonchev–Trinajstić information content (AvgIpc) is 2.53. The fraction of sp³-hybridized carbons (Fsp3) is 0.0625. The predicted octanol–water partition coefficient (Wildman–Crippen LogP) is 3.65. The third-order valence-corrected chi connectivity index (χ3v) is 2.94. The molecule has 0 aliphatic heterocycles. The summed E-state index contributed by atoms with van der Waals surface area (Å²) in [6.07, 6.45) is 3.59. The molecule has 0 saturated heterocycles. The first-order valence-corrected chi connectivity index (χ1v) is 6.14. The molecule has 0 heterocycles. The van der Waals surface area contributed by atoms with Crippen molar-refractivity contribution in [2.75, 3.05) is 7.11 Å². The number of methoxy groups -OCH3 is 1. The highest BCUT2D eigenvalue weighted by atomic mass is 16.6. The Balaban J connectivity index is 2.27. The van der Waals surface area contributed by atoms with E-state index in [2.05, 4.69) is 0 Å². The molecule has 0 saturated carbocycles. The van der Waals surface area contributed by atoms with Crippen LogP contribution in [0, 0.1) is 21.4 Å². The van der Waals surface area contributed by atoms with Gasteiger partial charge in [0.25, 0.3) is 5.69 Å². The number of nitriles is 1. The molecule has 0 atom stereocenters. The molecular weight excluding hydrogens is 268 g/mol. The zero-order valence-electron chi connectivity index (χ0n) is 11.3. The Hall–Kier alpha value is -3.13. The molecule has 0 aliphatic rings. The molecule has 5 nitrogen and oxygen atoms in total. The van der Waals surface area contributed by atoms with E-state index in [0.717, 1.165) is 11.3 Å². The highest BCUT2D eigenvalue weighted by Crippen LogP contribution is 2.20. The van der Waals surface area contributed by atoms with Gasteiger partial charge in [0, 0.05) is 12.1 Å². The number of non-ortho nitro benzene ring substituents is 1. The van der Waals surface area contributed by atoms with Gasteiger partial charge >= 0.3 is 0 Å². The van der Waals surface area contributed by atoms with Crippen molar-refractivity contribution in [3.8, 4) is 11.8 Å². The van der Waals surface area contributed by atoms with Crippen LogP contribution < -0.4 is 4.74 Å². The number of benzene rings is 2. The molecule has 2 aromatic carbocycles. The number of rotatable bonds is 4. The van der Waals surface area contributed by atoms with Crippen LogP contribution in [-0.2, 0) is 0 Å². The second kappa shape index (κ2) is 6.35. The lowest BCUT2D eigenvalue weighted by molar-refractivity contribution is -0.384. The maximum atomic E-state index is 10.7. The van der Waals surface area contributed by atoms with E-state index < -0.39 is 4.92 Å². The van der Waals surface area contributed by atoms with E-state index in [9.17, 15) is 10.1 Å². The van der Waals surface area contributed by atoms with Crippen LogP contribution in [0.5, 0.6) is 5.75 Å². The van der Waals surface area contributed by atoms with E-state index in [1.165, 1.54) is 12.1 Å².